The van der Waals surface area contributed by atoms with Crippen LogP contribution in [0.1, 0.15) is 47.5 Å². The number of nitrogens with one attached hydrogen (secondary N) is 1. The van der Waals surface area contributed by atoms with Crippen molar-refractivity contribution in [3.05, 3.63) is 57.4 Å². The number of hydrogen-bond acceptors (Lipinski definition) is 3. The van der Waals surface area contributed by atoms with Crippen LogP contribution >= 0.6 is 11.6 Å². The van der Waals surface area contributed by atoms with E-state index in [1.807, 2.05) is 26.8 Å². The van der Waals surface area contributed by atoms with Gasteiger partial charge in [0, 0.05) is 5.02 Å². The summed E-state index contributed by atoms with van der Waals surface area (Å²) in [6.07, 6.45) is 1.08. The van der Waals surface area contributed by atoms with Gasteiger partial charge in [0.05, 0.1) is 17.4 Å². The fourth-order valence-corrected chi connectivity index (χ4v) is 2.54. The quantitative estimate of drug-likeness (QED) is 0.902. The number of hydrogen-bond donors (Lipinski definition) is 1. The van der Waals surface area contributed by atoms with E-state index in [9.17, 15) is 0 Å². The summed E-state index contributed by atoms with van der Waals surface area (Å²) >= 11 is 6.29. The van der Waals surface area contributed by atoms with Crippen molar-refractivity contribution < 1.29 is 0 Å². The summed E-state index contributed by atoms with van der Waals surface area (Å²) < 4.78 is 0. The van der Waals surface area contributed by atoms with Crippen LogP contribution in [0.15, 0.2) is 24.3 Å². The Labute approximate surface area is 131 Å². The maximum absolute atomic E-state index is 6.29. The van der Waals surface area contributed by atoms with Crippen molar-refractivity contribution in [1.29, 1.82) is 0 Å². The highest BCUT2D eigenvalue weighted by Gasteiger charge is 2.17. The molecule has 1 aromatic carbocycles. The molecule has 0 spiro atoms. The second-order valence-corrected chi connectivity index (χ2v) is 5.83. The number of aromatic nitrogens is 2. The van der Waals surface area contributed by atoms with E-state index in [1.165, 1.54) is 0 Å². The maximum atomic E-state index is 6.29. The highest BCUT2D eigenvalue weighted by molar-refractivity contribution is 6.31. The number of nitrogens with zero attached hydrogens (tertiary/aromatic N) is 2. The second-order valence-electron chi connectivity index (χ2n) is 5.42. The van der Waals surface area contributed by atoms with E-state index in [0.29, 0.717) is 0 Å². The third-order valence-corrected chi connectivity index (χ3v) is 3.99. The number of aryl methyl sites for hydroxylation is 3. The zero-order valence-corrected chi connectivity index (χ0v) is 13.8. The summed E-state index contributed by atoms with van der Waals surface area (Å²) in [5.74, 6) is 0. The van der Waals surface area contributed by atoms with Crippen LogP contribution in [0.4, 0.5) is 0 Å². The Kier molecular flexibility index (Phi) is 5.32. The average molecular weight is 304 g/mol. The summed E-state index contributed by atoms with van der Waals surface area (Å²) in [5.41, 5.74) is 5.30. The van der Waals surface area contributed by atoms with Gasteiger partial charge in [-0.05, 0) is 62.6 Å². The maximum Gasteiger partial charge on any atom is 0.0651 e. The highest BCUT2D eigenvalue weighted by Crippen LogP contribution is 2.27. The van der Waals surface area contributed by atoms with E-state index in [0.717, 1.165) is 46.1 Å². The van der Waals surface area contributed by atoms with Gasteiger partial charge < -0.3 is 5.32 Å². The van der Waals surface area contributed by atoms with E-state index in [-0.39, 0.29) is 6.04 Å². The molecule has 4 heteroatoms. The van der Waals surface area contributed by atoms with Gasteiger partial charge in [-0.15, -0.1) is 0 Å². The Morgan fingerprint density at radius 3 is 2.57 bits per heavy atom. The highest BCUT2D eigenvalue weighted by atomic mass is 35.5. The molecule has 2 rings (SSSR count). The molecule has 0 aliphatic rings. The molecule has 0 aliphatic heterocycles. The molecule has 1 aromatic heterocycles. The summed E-state index contributed by atoms with van der Waals surface area (Å²) in [4.78, 5) is 0. The lowest BCUT2D eigenvalue weighted by atomic mass is 9.96. The van der Waals surface area contributed by atoms with E-state index in [4.69, 9.17) is 11.6 Å². The summed E-state index contributed by atoms with van der Waals surface area (Å²) in [6, 6.07) is 8.43. The van der Waals surface area contributed by atoms with E-state index < -0.39 is 0 Å². The first-order valence-corrected chi connectivity index (χ1v) is 7.71. The third kappa shape index (κ3) is 3.80. The minimum Gasteiger partial charge on any atom is -0.306 e. The average Bonchev–Trinajstić information content (AvgIpc) is 2.46. The van der Waals surface area contributed by atoms with Crippen LogP contribution in [-0.2, 0) is 0 Å². The Morgan fingerprint density at radius 1 is 1.14 bits per heavy atom. The van der Waals surface area contributed by atoms with Crippen molar-refractivity contribution in [2.24, 2.45) is 0 Å². The molecular formula is C17H22ClN3. The van der Waals surface area contributed by atoms with Gasteiger partial charge in [-0.1, -0.05) is 30.7 Å². The lowest BCUT2D eigenvalue weighted by Crippen LogP contribution is -2.24. The zero-order chi connectivity index (χ0) is 15.4. The van der Waals surface area contributed by atoms with Crippen molar-refractivity contribution >= 4 is 11.6 Å². The van der Waals surface area contributed by atoms with Crippen molar-refractivity contribution in [2.45, 2.75) is 40.2 Å². The van der Waals surface area contributed by atoms with Crippen molar-refractivity contribution in [2.75, 3.05) is 6.54 Å². The minimum absolute atomic E-state index is 0.0947. The van der Waals surface area contributed by atoms with Crippen LogP contribution in [0.2, 0.25) is 5.02 Å². The van der Waals surface area contributed by atoms with E-state index in [2.05, 4.69) is 40.6 Å². The first-order chi connectivity index (χ1) is 10.0. The van der Waals surface area contributed by atoms with Crippen LogP contribution in [0.5, 0.6) is 0 Å². The van der Waals surface area contributed by atoms with Crippen molar-refractivity contribution in [1.82, 2.24) is 15.5 Å². The van der Waals surface area contributed by atoms with Crippen LogP contribution in [0.25, 0.3) is 0 Å². The molecule has 1 unspecified atom stereocenters. The van der Waals surface area contributed by atoms with Gasteiger partial charge in [0.1, 0.15) is 0 Å². The second kappa shape index (κ2) is 7.01. The monoisotopic (exact) mass is 303 g/mol. The summed E-state index contributed by atoms with van der Waals surface area (Å²) in [5, 5.41) is 12.8. The third-order valence-electron chi connectivity index (χ3n) is 3.58. The molecular weight excluding hydrogens is 282 g/mol. The van der Waals surface area contributed by atoms with Crippen LogP contribution in [0, 0.1) is 20.8 Å². The first kappa shape index (κ1) is 15.9. The van der Waals surface area contributed by atoms with Gasteiger partial charge in [-0.25, -0.2) is 0 Å². The first-order valence-electron chi connectivity index (χ1n) is 7.33. The standard InChI is InChI=1S/C17H22ClN3/c1-5-8-19-17(14-7-6-11(2)16(18)10-14)15-9-12(3)20-21-13(15)4/h6-7,9-10,17,19H,5,8H2,1-4H3. The Bertz CT molecular complexity index is 625. The Hall–Kier alpha value is -1.45. The molecule has 0 bridgehead atoms. The van der Waals surface area contributed by atoms with Crippen molar-refractivity contribution in [3.63, 3.8) is 0 Å². The Balaban J connectivity index is 2.46. The molecule has 21 heavy (non-hydrogen) atoms. The van der Waals surface area contributed by atoms with Crippen LogP contribution in [-0.4, -0.2) is 16.7 Å². The summed E-state index contributed by atoms with van der Waals surface area (Å²) in [7, 11) is 0. The molecule has 1 heterocycles. The molecule has 1 atom stereocenters. The largest absolute Gasteiger partial charge is 0.306 e. The van der Waals surface area contributed by atoms with Gasteiger partial charge in [0.2, 0.25) is 0 Å². The molecule has 0 radical (unpaired) electrons. The minimum atomic E-state index is 0.0947. The van der Waals surface area contributed by atoms with Crippen molar-refractivity contribution in [3.8, 4) is 0 Å². The molecule has 1 N–H and O–H groups in total. The predicted molar refractivity (Wildman–Crippen MR) is 87.8 cm³/mol. The van der Waals surface area contributed by atoms with Gasteiger partial charge in [0.25, 0.3) is 0 Å². The van der Waals surface area contributed by atoms with Gasteiger partial charge in [-0.2, -0.15) is 10.2 Å². The molecule has 0 fully saturated rings. The predicted octanol–water partition coefficient (Wildman–Crippen LogP) is 4.14. The molecule has 0 saturated heterocycles. The fraction of sp³-hybridized carbons (Fsp3) is 0.412. The molecule has 112 valence electrons. The van der Waals surface area contributed by atoms with E-state index >= 15 is 0 Å². The molecule has 2 aromatic rings. The SMILES string of the molecule is CCCNC(c1ccc(C)c(Cl)c1)c1cc(C)nnc1C. The molecule has 0 amide bonds. The summed E-state index contributed by atoms with van der Waals surface area (Å²) in [6.45, 7) is 9.09. The van der Waals surface area contributed by atoms with Crippen LogP contribution in [0.3, 0.4) is 0 Å². The van der Waals surface area contributed by atoms with E-state index in [1.54, 1.807) is 0 Å². The topological polar surface area (TPSA) is 37.8 Å². The zero-order valence-electron chi connectivity index (χ0n) is 13.1. The normalized spacial score (nSPS) is 12.4. The number of halogens is 1. The van der Waals surface area contributed by atoms with Gasteiger partial charge in [0.15, 0.2) is 0 Å². The van der Waals surface area contributed by atoms with Gasteiger partial charge >= 0.3 is 0 Å². The lowest BCUT2D eigenvalue weighted by molar-refractivity contribution is 0.591. The molecule has 0 aliphatic carbocycles. The molecule has 0 saturated carbocycles. The molecule has 3 nitrogen and oxygen atoms in total. The lowest BCUT2D eigenvalue weighted by Gasteiger charge is -2.21. The fourth-order valence-electron chi connectivity index (χ4n) is 2.35. The Morgan fingerprint density at radius 2 is 1.90 bits per heavy atom. The smallest absolute Gasteiger partial charge is 0.0651 e. The number of benzene rings is 1. The number of rotatable bonds is 5. The van der Waals surface area contributed by atoms with Crippen LogP contribution < -0.4 is 5.32 Å². The van der Waals surface area contributed by atoms with Gasteiger partial charge in [-0.3, -0.25) is 0 Å².